The van der Waals surface area contributed by atoms with E-state index in [4.69, 9.17) is 0 Å². The van der Waals surface area contributed by atoms with Crippen LogP contribution in [0, 0.1) is 0 Å². The van der Waals surface area contributed by atoms with Crippen molar-refractivity contribution in [2.45, 2.75) is 90.4 Å². The summed E-state index contributed by atoms with van der Waals surface area (Å²) in [6, 6.07) is 0. The minimum Gasteiger partial charge on any atom is -0.716 e. The van der Waals surface area contributed by atoms with Crippen LogP contribution in [0.2, 0.25) is 0 Å². The minimum atomic E-state index is -4.58. The van der Waals surface area contributed by atoms with Crippen LogP contribution < -0.4 is 29.6 Å². The Bertz CT molecular complexity index is 342. The quantitative estimate of drug-likeness (QED) is 0.150. The number of hydrogen-bond donors (Lipinski definition) is 0. The van der Waals surface area contributed by atoms with E-state index in [0.717, 1.165) is 25.5 Å². The average molecular weight is 342 g/mol. The van der Waals surface area contributed by atoms with Gasteiger partial charge in [-0.15, -0.1) is 0 Å². The van der Waals surface area contributed by atoms with Crippen LogP contribution in [0.1, 0.15) is 90.4 Å². The van der Waals surface area contributed by atoms with E-state index < -0.39 is 10.4 Å². The Labute approximate surface area is 159 Å². The van der Waals surface area contributed by atoms with Crippen LogP contribution in [0.4, 0.5) is 0 Å². The van der Waals surface area contributed by atoms with Gasteiger partial charge in [0.15, 0.2) is 0 Å². The van der Waals surface area contributed by atoms with Crippen LogP contribution in [-0.2, 0) is 14.6 Å². The van der Waals surface area contributed by atoms with Crippen molar-refractivity contribution in [3.8, 4) is 0 Å². The molecule has 0 aliphatic carbocycles. The fraction of sp³-hybridized carbons (Fsp3) is 0.875. The zero-order valence-electron chi connectivity index (χ0n) is 14.4. The van der Waals surface area contributed by atoms with Gasteiger partial charge in [0.05, 0.1) is 0 Å². The van der Waals surface area contributed by atoms with Gasteiger partial charge in [-0.2, -0.15) is 0 Å². The first kappa shape index (κ1) is 24.7. The molecule has 0 aliphatic heterocycles. The molecule has 0 spiro atoms. The summed E-state index contributed by atoms with van der Waals surface area (Å²) in [5, 5.41) is 0. The summed E-state index contributed by atoms with van der Waals surface area (Å²) < 4.78 is 34.4. The SMILES string of the molecule is CCCCCCCCCCCCCCC=COS(=O)(=O)[O-].[Na+]. The van der Waals surface area contributed by atoms with Gasteiger partial charge < -0.3 is 8.74 Å². The Balaban J connectivity index is 0. The Morgan fingerprint density at radius 1 is 0.818 bits per heavy atom. The molecular weight excluding hydrogens is 311 g/mol. The second-order valence-corrected chi connectivity index (χ2v) is 6.56. The van der Waals surface area contributed by atoms with Crippen LogP contribution in [0.25, 0.3) is 0 Å². The molecule has 6 heteroatoms. The van der Waals surface area contributed by atoms with Crippen LogP contribution in [0.5, 0.6) is 0 Å². The van der Waals surface area contributed by atoms with Crippen LogP contribution in [0.15, 0.2) is 12.3 Å². The van der Waals surface area contributed by atoms with Crippen molar-refractivity contribution >= 4 is 10.4 Å². The molecule has 0 amide bonds. The molecule has 0 bridgehead atoms. The van der Waals surface area contributed by atoms with E-state index in [1.54, 1.807) is 6.08 Å². The van der Waals surface area contributed by atoms with Crippen molar-refractivity contribution in [3.05, 3.63) is 12.3 Å². The van der Waals surface area contributed by atoms with E-state index in [0.29, 0.717) is 0 Å². The van der Waals surface area contributed by atoms with Crippen molar-refractivity contribution in [1.29, 1.82) is 0 Å². The third kappa shape index (κ3) is 22.7. The smallest absolute Gasteiger partial charge is 0.716 e. The van der Waals surface area contributed by atoms with E-state index in [1.165, 1.54) is 64.2 Å². The van der Waals surface area contributed by atoms with E-state index >= 15 is 0 Å². The summed E-state index contributed by atoms with van der Waals surface area (Å²) in [5.41, 5.74) is 0. The molecule has 0 rings (SSSR count). The molecule has 0 radical (unpaired) electrons. The summed E-state index contributed by atoms with van der Waals surface area (Å²) in [5.74, 6) is 0. The molecule has 0 heterocycles. The predicted molar refractivity (Wildman–Crippen MR) is 85.6 cm³/mol. The first-order valence-corrected chi connectivity index (χ1v) is 9.68. The maximum absolute atomic E-state index is 10.1. The van der Waals surface area contributed by atoms with Gasteiger partial charge in [-0.05, 0) is 18.9 Å². The molecule has 22 heavy (non-hydrogen) atoms. The first-order valence-electron chi connectivity index (χ1n) is 8.35. The summed E-state index contributed by atoms with van der Waals surface area (Å²) in [7, 11) is -4.58. The average Bonchev–Trinajstić information content (AvgIpc) is 2.42. The number of rotatable bonds is 15. The van der Waals surface area contributed by atoms with Crippen LogP contribution in [0.3, 0.4) is 0 Å². The summed E-state index contributed by atoms with van der Waals surface area (Å²) in [6.07, 6.45) is 18.9. The number of hydrogen-bond acceptors (Lipinski definition) is 4. The number of unbranched alkanes of at least 4 members (excludes halogenated alkanes) is 12. The maximum Gasteiger partial charge on any atom is 1.00 e. The van der Waals surface area contributed by atoms with Crippen molar-refractivity contribution in [3.63, 3.8) is 0 Å². The van der Waals surface area contributed by atoms with Gasteiger partial charge in [0.1, 0.15) is 6.26 Å². The predicted octanol–water partition coefficient (Wildman–Crippen LogP) is 2.07. The molecular formula is C16H31NaO4S. The van der Waals surface area contributed by atoms with E-state index in [-0.39, 0.29) is 29.6 Å². The molecule has 0 atom stereocenters. The molecule has 0 saturated heterocycles. The molecule has 4 nitrogen and oxygen atoms in total. The summed E-state index contributed by atoms with van der Waals surface area (Å²) in [6.45, 7) is 2.24. The van der Waals surface area contributed by atoms with E-state index in [1.807, 2.05) is 0 Å². The van der Waals surface area contributed by atoms with Crippen LogP contribution in [-0.4, -0.2) is 13.0 Å². The van der Waals surface area contributed by atoms with Gasteiger partial charge in [0.25, 0.3) is 10.4 Å². The Kier molecular flexibility index (Phi) is 20.0. The third-order valence-electron chi connectivity index (χ3n) is 3.49. The monoisotopic (exact) mass is 342 g/mol. The Morgan fingerprint density at radius 3 is 1.64 bits per heavy atom. The zero-order valence-corrected chi connectivity index (χ0v) is 17.2. The zero-order chi connectivity index (χ0) is 15.8. The molecule has 0 unspecified atom stereocenters. The molecule has 0 aromatic heterocycles. The second kappa shape index (κ2) is 17.8. The molecule has 0 saturated carbocycles. The van der Waals surface area contributed by atoms with Crippen molar-refractivity contribution < 1.29 is 46.7 Å². The molecule has 0 aromatic carbocycles. The van der Waals surface area contributed by atoms with E-state index in [2.05, 4.69) is 11.1 Å². The number of allylic oxidation sites excluding steroid dienone is 1. The molecule has 0 aliphatic rings. The van der Waals surface area contributed by atoms with Gasteiger partial charge >= 0.3 is 29.6 Å². The standard InChI is InChI=1S/C16H32O4S.Na/c1-2-3-4-5-6-7-8-9-10-11-12-13-14-15-16-20-21(17,18)19;/h15-16H,2-14H2,1H3,(H,17,18,19);/q;+1/p-1. The maximum atomic E-state index is 10.1. The summed E-state index contributed by atoms with van der Waals surface area (Å²) in [4.78, 5) is 0. The molecule has 126 valence electrons. The molecule has 0 fully saturated rings. The van der Waals surface area contributed by atoms with Gasteiger partial charge in [-0.1, -0.05) is 77.6 Å². The van der Waals surface area contributed by atoms with Crippen molar-refractivity contribution in [1.82, 2.24) is 0 Å². The van der Waals surface area contributed by atoms with Crippen LogP contribution >= 0.6 is 0 Å². The van der Waals surface area contributed by atoms with Crippen molar-refractivity contribution in [2.24, 2.45) is 0 Å². The second-order valence-electron chi connectivity index (χ2n) is 5.55. The first-order chi connectivity index (χ1) is 10.1. The molecule has 0 N–H and O–H groups in total. The third-order valence-corrected chi connectivity index (χ3v) is 3.84. The Morgan fingerprint density at radius 2 is 1.23 bits per heavy atom. The van der Waals surface area contributed by atoms with Gasteiger partial charge in [-0.3, -0.25) is 0 Å². The topological polar surface area (TPSA) is 66.4 Å². The fourth-order valence-corrected chi connectivity index (χ4v) is 2.49. The Hall–Kier alpha value is 0.450. The molecule has 0 aromatic rings. The van der Waals surface area contributed by atoms with Gasteiger partial charge in [0, 0.05) is 0 Å². The normalized spacial score (nSPS) is 11.5. The minimum absolute atomic E-state index is 0. The van der Waals surface area contributed by atoms with Gasteiger partial charge in [-0.25, -0.2) is 8.42 Å². The van der Waals surface area contributed by atoms with Crippen molar-refractivity contribution in [2.75, 3.05) is 0 Å². The van der Waals surface area contributed by atoms with E-state index in [9.17, 15) is 13.0 Å². The fourth-order valence-electron chi connectivity index (χ4n) is 2.28. The largest absolute Gasteiger partial charge is 1.00 e. The summed E-state index contributed by atoms with van der Waals surface area (Å²) >= 11 is 0. The van der Waals surface area contributed by atoms with Gasteiger partial charge in [0.2, 0.25) is 0 Å².